The summed E-state index contributed by atoms with van der Waals surface area (Å²) < 4.78 is 15.8. The van der Waals surface area contributed by atoms with Crippen LogP contribution in [0, 0.1) is 17.7 Å². The van der Waals surface area contributed by atoms with Crippen molar-refractivity contribution in [3.05, 3.63) is 48.3 Å². The molecule has 1 aromatic heterocycles. The lowest BCUT2D eigenvalue weighted by Crippen LogP contribution is -2.33. The first-order valence-corrected chi connectivity index (χ1v) is 8.87. The molecule has 6 heteroatoms. The molecule has 2 aromatic rings. The van der Waals surface area contributed by atoms with Crippen LogP contribution in [0.15, 0.2) is 36.9 Å². The number of imidazole rings is 1. The van der Waals surface area contributed by atoms with Crippen molar-refractivity contribution in [1.29, 1.82) is 0 Å². The molecule has 1 saturated heterocycles. The fourth-order valence-corrected chi connectivity index (χ4v) is 3.42. The van der Waals surface area contributed by atoms with E-state index in [0.717, 1.165) is 31.5 Å². The Hall–Kier alpha value is -2.21. The maximum absolute atomic E-state index is 14.2. The lowest BCUT2D eigenvalue weighted by molar-refractivity contribution is -0.122. The van der Waals surface area contributed by atoms with E-state index in [4.69, 9.17) is 0 Å². The molecule has 1 atom stereocenters. The van der Waals surface area contributed by atoms with Crippen LogP contribution in [0.1, 0.15) is 31.7 Å². The summed E-state index contributed by atoms with van der Waals surface area (Å²) in [6.45, 7) is 4.58. The number of aromatic nitrogens is 2. The summed E-state index contributed by atoms with van der Waals surface area (Å²) >= 11 is 0. The predicted molar refractivity (Wildman–Crippen MR) is 94.7 cm³/mol. The van der Waals surface area contributed by atoms with Crippen LogP contribution in [0.5, 0.6) is 0 Å². The zero-order chi connectivity index (χ0) is 17.6. The topological polar surface area (TPSA) is 59.0 Å². The van der Waals surface area contributed by atoms with Gasteiger partial charge < -0.3 is 15.2 Å². The number of rotatable bonds is 6. The fraction of sp³-hybridized carbons (Fsp3) is 0.474. The molecule has 1 amide bonds. The van der Waals surface area contributed by atoms with E-state index in [1.807, 2.05) is 6.07 Å². The van der Waals surface area contributed by atoms with Crippen molar-refractivity contribution >= 4 is 5.91 Å². The zero-order valence-corrected chi connectivity index (χ0v) is 14.5. The van der Waals surface area contributed by atoms with Gasteiger partial charge in [0.2, 0.25) is 5.91 Å². The lowest BCUT2D eigenvalue weighted by Gasteiger charge is -2.27. The Labute approximate surface area is 147 Å². The van der Waals surface area contributed by atoms with E-state index in [1.165, 1.54) is 6.07 Å². The maximum Gasteiger partial charge on any atom is 0.220 e. The van der Waals surface area contributed by atoms with E-state index in [0.29, 0.717) is 30.5 Å². The van der Waals surface area contributed by atoms with Gasteiger partial charge in [-0.25, -0.2) is 9.37 Å². The molecule has 134 valence electrons. The van der Waals surface area contributed by atoms with E-state index >= 15 is 0 Å². The van der Waals surface area contributed by atoms with E-state index in [9.17, 15) is 9.18 Å². The number of nitrogens with zero attached hydrogens (tertiary/aromatic N) is 2. The molecular formula is C19H25FN4O. The largest absolute Gasteiger partial charge is 0.352 e. The van der Waals surface area contributed by atoms with E-state index in [1.54, 1.807) is 29.4 Å². The molecule has 2 N–H and O–H groups in total. The van der Waals surface area contributed by atoms with Crippen LogP contribution < -0.4 is 10.6 Å². The summed E-state index contributed by atoms with van der Waals surface area (Å²) in [6.07, 6.45) is 7.66. The molecule has 1 aromatic carbocycles. The van der Waals surface area contributed by atoms with Crippen molar-refractivity contribution in [1.82, 2.24) is 20.2 Å². The minimum atomic E-state index is -0.326. The Morgan fingerprint density at radius 1 is 1.44 bits per heavy atom. The number of hydrogen-bond acceptors (Lipinski definition) is 3. The quantitative estimate of drug-likeness (QED) is 0.847. The number of halogens is 1. The molecule has 1 aliphatic rings. The molecule has 0 spiro atoms. The number of carbonyl (C=O) groups is 1. The maximum atomic E-state index is 14.2. The first kappa shape index (κ1) is 17.6. The molecule has 25 heavy (non-hydrogen) atoms. The Morgan fingerprint density at radius 2 is 2.24 bits per heavy atom. The van der Waals surface area contributed by atoms with Gasteiger partial charge in [0.25, 0.3) is 0 Å². The second-order valence-corrected chi connectivity index (χ2v) is 6.80. The van der Waals surface area contributed by atoms with Crippen molar-refractivity contribution in [2.45, 2.75) is 32.7 Å². The number of piperidine rings is 1. The number of hydrogen-bond donors (Lipinski definition) is 2. The van der Waals surface area contributed by atoms with Crippen LogP contribution in [0.3, 0.4) is 0 Å². The summed E-state index contributed by atoms with van der Waals surface area (Å²) in [5, 5.41) is 6.26. The number of nitrogens with one attached hydrogen (secondary N) is 2. The van der Waals surface area contributed by atoms with Crippen LogP contribution in [0.4, 0.5) is 4.39 Å². The molecule has 5 nitrogen and oxygen atoms in total. The van der Waals surface area contributed by atoms with Crippen molar-refractivity contribution < 1.29 is 9.18 Å². The SMILES string of the molecule is CC(CC(=O)NCc1ccc(-n2ccnc2)c(F)c1)C1CCNCC1. The monoisotopic (exact) mass is 344 g/mol. The Kier molecular flexibility index (Phi) is 5.81. The summed E-state index contributed by atoms with van der Waals surface area (Å²) in [5.41, 5.74) is 1.20. The highest BCUT2D eigenvalue weighted by atomic mass is 19.1. The van der Waals surface area contributed by atoms with Gasteiger partial charge in [0.1, 0.15) is 5.82 Å². The third-order valence-corrected chi connectivity index (χ3v) is 4.98. The third kappa shape index (κ3) is 4.66. The Morgan fingerprint density at radius 3 is 2.92 bits per heavy atom. The molecule has 1 unspecified atom stereocenters. The highest BCUT2D eigenvalue weighted by Gasteiger charge is 2.21. The van der Waals surface area contributed by atoms with Crippen molar-refractivity contribution in [2.75, 3.05) is 13.1 Å². The minimum Gasteiger partial charge on any atom is -0.352 e. The first-order valence-electron chi connectivity index (χ1n) is 8.87. The van der Waals surface area contributed by atoms with Gasteiger partial charge in [-0.1, -0.05) is 13.0 Å². The van der Waals surface area contributed by atoms with Gasteiger partial charge in [-0.15, -0.1) is 0 Å². The van der Waals surface area contributed by atoms with Crippen LogP contribution in [0.25, 0.3) is 5.69 Å². The first-order chi connectivity index (χ1) is 12.1. The van der Waals surface area contributed by atoms with E-state index in [2.05, 4.69) is 22.5 Å². The van der Waals surface area contributed by atoms with Gasteiger partial charge >= 0.3 is 0 Å². The Balaban J connectivity index is 1.51. The second-order valence-electron chi connectivity index (χ2n) is 6.80. The average Bonchev–Trinajstić information content (AvgIpc) is 3.15. The second kappa shape index (κ2) is 8.25. The molecule has 0 bridgehead atoms. The number of benzene rings is 1. The van der Waals surface area contributed by atoms with Gasteiger partial charge in [0.15, 0.2) is 0 Å². The minimum absolute atomic E-state index is 0.0325. The molecule has 2 heterocycles. The molecular weight excluding hydrogens is 319 g/mol. The molecule has 0 radical (unpaired) electrons. The molecule has 0 aliphatic carbocycles. The molecule has 3 rings (SSSR count). The van der Waals surface area contributed by atoms with Crippen molar-refractivity contribution in [3.63, 3.8) is 0 Å². The molecule has 1 aliphatic heterocycles. The smallest absolute Gasteiger partial charge is 0.220 e. The summed E-state index contributed by atoms with van der Waals surface area (Å²) in [4.78, 5) is 16.1. The zero-order valence-electron chi connectivity index (χ0n) is 14.5. The van der Waals surface area contributed by atoms with Gasteiger partial charge in [-0.3, -0.25) is 4.79 Å². The van der Waals surface area contributed by atoms with Gasteiger partial charge in [-0.2, -0.15) is 0 Å². The number of amides is 1. The van der Waals surface area contributed by atoms with Crippen LogP contribution in [-0.2, 0) is 11.3 Å². The predicted octanol–water partition coefficient (Wildman–Crippen LogP) is 2.65. The average molecular weight is 344 g/mol. The molecule has 0 saturated carbocycles. The standard InChI is InChI=1S/C19H25FN4O/c1-14(16-4-6-21-7-5-16)10-19(25)23-12-15-2-3-18(17(20)11-15)24-9-8-22-13-24/h2-3,8-9,11,13-14,16,21H,4-7,10,12H2,1H3,(H,23,25). The van der Waals surface area contributed by atoms with E-state index in [-0.39, 0.29) is 11.7 Å². The van der Waals surface area contributed by atoms with E-state index < -0.39 is 0 Å². The van der Waals surface area contributed by atoms with Crippen molar-refractivity contribution in [2.24, 2.45) is 11.8 Å². The van der Waals surface area contributed by atoms with Gasteiger partial charge in [0, 0.05) is 25.4 Å². The summed E-state index contributed by atoms with van der Waals surface area (Å²) in [5.74, 6) is 0.694. The van der Waals surface area contributed by atoms with Crippen LogP contribution in [-0.4, -0.2) is 28.5 Å². The van der Waals surface area contributed by atoms with Gasteiger partial charge in [-0.05, 0) is 55.5 Å². The lowest BCUT2D eigenvalue weighted by atomic mass is 9.84. The van der Waals surface area contributed by atoms with Gasteiger partial charge in [0.05, 0.1) is 12.0 Å². The van der Waals surface area contributed by atoms with Crippen LogP contribution >= 0.6 is 0 Å². The Bertz CT molecular complexity index is 695. The highest BCUT2D eigenvalue weighted by molar-refractivity contribution is 5.76. The summed E-state index contributed by atoms with van der Waals surface area (Å²) in [7, 11) is 0. The number of carbonyl (C=O) groups excluding carboxylic acids is 1. The fourth-order valence-electron chi connectivity index (χ4n) is 3.42. The van der Waals surface area contributed by atoms with Crippen LogP contribution in [0.2, 0.25) is 0 Å². The van der Waals surface area contributed by atoms with Crippen molar-refractivity contribution in [3.8, 4) is 5.69 Å². The summed E-state index contributed by atoms with van der Waals surface area (Å²) in [6, 6.07) is 5.00. The normalized spacial score (nSPS) is 16.6. The highest BCUT2D eigenvalue weighted by Crippen LogP contribution is 2.24. The third-order valence-electron chi connectivity index (χ3n) is 4.98. The molecule has 1 fully saturated rings.